The number of piperidine rings is 1. The van der Waals surface area contributed by atoms with E-state index in [0.717, 1.165) is 37.4 Å². The van der Waals surface area contributed by atoms with Crippen LogP contribution in [0.15, 0.2) is 18.5 Å². The number of imidazole rings is 1. The van der Waals surface area contributed by atoms with Crippen LogP contribution in [-0.2, 0) is 7.05 Å². The first-order chi connectivity index (χ1) is 11.9. The number of hydrogen-bond donors (Lipinski definition) is 0. The summed E-state index contributed by atoms with van der Waals surface area (Å²) in [7, 11) is 1.85. The van der Waals surface area contributed by atoms with E-state index in [-0.39, 0.29) is 5.91 Å². The normalized spacial score (nSPS) is 16.2. The van der Waals surface area contributed by atoms with E-state index in [2.05, 4.69) is 48.5 Å². The van der Waals surface area contributed by atoms with Gasteiger partial charge in [-0.25, -0.2) is 4.98 Å². The van der Waals surface area contributed by atoms with Gasteiger partial charge in [-0.3, -0.25) is 9.48 Å². The minimum Gasteiger partial charge on any atom is -0.337 e. The number of carbonyl (C=O) groups is 1. The third-order valence-corrected chi connectivity index (χ3v) is 5.11. The van der Waals surface area contributed by atoms with Gasteiger partial charge in [0.25, 0.3) is 5.91 Å². The predicted octanol–water partition coefficient (Wildman–Crippen LogP) is 3.34. The van der Waals surface area contributed by atoms with Crippen molar-refractivity contribution in [2.24, 2.45) is 7.05 Å². The van der Waals surface area contributed by atoms with E-state index in [1.54, 1.807) is 4.68 Å². The van der Waals surface area contributed by atoms with Crippen molar-refractivity contribution in [3.63, 3.8) is 0 Å². The van der Waals surface area contributed by atoms with Crippen LogP contribution >= 0.6 is 0 Å². The van der Waals surface area contributed by atoms with Crippen LogP contribution in [0.25, 0.3) is 0 Å². The topological polar surface area (TPSA) is 56.0 Å². The van der Waals surface area contributed by atoms with E-state index in [1.807, 2.05) is 24.2 Å². The Morgan fingerprint density at radius 2 is 1.88 bits per heavy atom. The Morgan fingerprint density at radius 1 is 1.20 bits per heavy atom. The highest BCUT2D eigenvalue weighted by Crippen LogP contribution is 2.29. The van der Waals surface area contributed by atoms with E-state index in [1.165, 1.54) is 0 Å². The lowest BCUT2D eigenvalue weighted by Crippen LogP contribution is -2.39. The number of carbonyl (C=O) groups excluding carboxylic acids is 1. The van der Waals surface area contributed by atoms with Crippen LogP contribution in [0.4, 0.5) is 0 Å². The van der Waals surface area contributed by atoms with Gasteiger partial charge in [-0.1, -0.05) is 13.8 Å². The van der Waals surface area contributed by atoms with Crippen LogP contribution < -0.4 is 0 Å². The van der Waals surface area contributed by atoms with E-state index in [0.29, 0.717) is 23.6 Å². The molecule has 136 valence electrons. The van der Waals surface area contributed by atoms with Crippen LogP contribution in [-0.4, -0.2) is 43.2 Å². The molecule has 0 spiro atoms. The number of hydrogen-bond acceptors (Lipinski definition) is 3. The molecule has 6 heteroatoms. The van der Waals surface area contributed by atoms with Crippen LogP contribution in [0.5, 0.6) is 0 Å². The quantitative estimate of drug-likeness (QED) is 0.855. The van der Waals surface area contributed by atoms with Crippen LogP contribution in [0.2, 0.25) is 0 Å². The van der Waals surface area contributed by atoms with Gasteiger partial charge in [0, 0.05) is 44.5 Å². The minimum atomic E-state index is 0.0903. The first-order valence-corrected chi connectivity index (χ1v) is 9.24. The average molecular weight is 343 g/mol. The molecule has 0 saturated carbocycles. The molecular weight excluding hydrogens is 314 g/mol. The molecule has 6 nitrogen and oxygen atoms in total. The van der Waals surface area contributed by atoms with Crippen molar-refractivity contribution in [2.75, 3.05) is 13.1 Å². The fourth-order valence-corrected chi connectivity index (χ4v) is 3.55. The molecule has 0 atom stereocenters. The Hall–Kier alpha value is -2.11. The second-order valence-corrected chi connectivity index (χ2v) is 7.59. The van der Waals surface area contributed by atoms with Gasteiger partial charge < -0.3 is 9.47 Å². The fourth-order valence-electron chi connectivity index (χ4n) is 3.55. The number of rotatable bonds is 4. The van der Waals surface area contributed by atoms with Gasteiger partial charge in [0.2, 0.25) is 0 Å². The summed E-state index contributed by atoms with van der Waals surface area (Å²) in [5, 5.41) is 4.47. The van der Waals surface area contributed by atoms with E-state index in [9.17, 15) is 4.79 Å². The van der Waals surface area contributed by atoms with Crippen molar-refractivity contribution in [1.82, 2.24) is 24.2 Å². The number of aromatic nitrogens is 4. The molecular formula is C19H29N5O. The summed E-state index contributed by atoms with van der Waals surface area (Å²) in [6.45, 7) is 10.1. The Bertz CT molecular complexity index is 735. The summed E-state index contributed by atoms with van der Waals surface area (Å²) in [5.41, 5.74) is 1.66. The third-order valence-electron chi connectivity index (χ3n) is 5.11. The summed E-state index contributed by atoms with van der Waals surface area (Å²) in [6, 6.07) is 2.35. The molecule has 0 aromatic carbocycles. The SMILES string of the molecule is CC(C)c1cc(C(=O)N2CCC(c3nccn3C(C)C)CC2)n(C)n1. The maximum atomic E-state index is 12.9. The molecule has 1 aliphatic rings. The highest BCUT2D eigenvalue weighted by Gasteiger charge is 2.28. The summed E-state index contributed by atoms with van der Waals surface area (Å²) >= 11 is 0. The van der Waals surface area contributed by atoms with Crippen molar-refractivity contribution < 1.29 is 4.79 Å². The first kappa shape index (κ1) is 17.7. The predicted molar refractivity (Wildman–Crippen MR) is 97.8 cm³/mol. The third kappa shape index (κ3) is 3.48. The number of aryl methyl sites for hydroxylation is 1. The molecule has 1 aliphatic heterocycles. The Labute approximate surface area is 149 Å². The van der Waals surface area contributed by atoms with Crippen molar-refractivity contribution in [2.45, 2.75) is 58.4 Å². The summed E-state index contributed by atoms with van der Waals surface area (Å²) in [6.07, 6.45) is 5.87. The molecule has 0 bridgehead atoms. The molecule has 2 aromatic rings. The standard InChI is InChI=1S/C19H29N5O/c1-13(2)16-12-17(22(5)21-16)19(25)23-9-6-15(7-10-23)18-20-8-11-24(18)14(3)4/h8,11-15H,6-7,9-10H2,1-5H3. The maximum Gasteiger partial charge on any atom is 0.272 e. The average Bonchev–Trinajstić information content (AvgIpc) is 3.21. The summed E-state index contributed by atoms with van der Waals surface area (Å²) < 4.78 is 3.97. The Morgan fingerprint density at radius 3 is 2.44 bits per heavy atom. The highest BCUT2D eigenvalue weighted by molar-refractivity contribution is 5.92. The highest BCUT2D eigenvalue weighted by atomic mass is 16.2. The largest absolute Gasteiger partial charge is 0.337 e. The fraction of sp³-hybridized carbons (Fsp3) is 0.632. The molecule has 0 N–H and O–H groups in total. The van der Waals surface area contributed by atoms with Crippen LogP contribution in [0.1, 0.15) is 80.4 Å². The lowest BCUT2D eigenvalue weighted by molar-refractivity contribution is 0.0699. The molecule has 0 radical (unpaired) electrons. The lowest BCUT2D eigenvalue weighted by atomic mass is 9.95. The zero-order valence-electron chi connectivity index (χ0n) is 15.9. The molecule has 0 unspecified atom stereocenters. The molecule has 2 aromatic heterocycles. The van der Waals surface area contributed by atoms with Gasteiger partial charge in [0.05, 0.1) is 5.69 Å². The van der Waals surface area contributed by atoms with Gasteiger partial charge >= 0.3 is 0 Å². The molecule has 3 rings (SSSR count). The molecule has 0 aliphatic carbocycles. The maximum absolute atomic E-state index is 12.9. The van der Waals surface area contributed by atoms with Gasteiger partial charge in [-0.05, 0) is 38.7 Å². The first-order valence-electron chi connectivity index (χ1n) is 9.24. The Kier molecular flexibility index (Phi) is 4.97. The van der Waals surface area contributed by atoms with Crippen molar-refractivity contribution in [3.05, 3.63) is 35.7 Å². The van der Waals surface area contributed by atoms with Crippen molar-refractivity contribution >= 4 is 5.91 Å². The van der Waals surface area contributed by atoms with Crippen LogP contribution in [0, 0.1) is 0 Å². The number of likely N-dealkylation sites (tertiary alicyclic amines) is 1. The Balaban J connectivity index is 1.68. The monoisotopic (exact) mass is 343 g/mol. The van der Waals surface area contributed by atoms with E-state index >= 15 is 0 Å². The molecule has 1 fully saturated rings. The van der Waals surface area contributed by atoms with Crippen molar-refractivity contribution in [3.8, 4) is 0 Å². The van der Waals surface area contributed by atoms with E-state index in [4.69, 9.17) is 0 Å². The molecule has 1 saturated heterocycles. The molecule has 3 heterocycles. The smallest absolute Gasteiger partial charge is 0.272 e. The van der Waals surface area contributed by atoms with Gasteiger partial charge in [-0.2, -0.15) is 5.10 Å². The van der Waals surface area contributed by atoms with Crippen molar-refractivity contribution in [1.29, 1.82) is 0 Å². The second kappa shape index (κ2) is 7.02. The van der Waals surface area contributed by atoms with Crippen LogP contribution in [0.3, 0.4) is 0 Å². The van der Waals surface area contributed by atoms with E-state index < -0.39 is 0 Å². The zero-order valence-corrected chi connectivity index (χ0v) is 15.9. The van der Waals surface area contributed by atoms with Gasteiger partial charge in [0.15, 0.2) is 0 Å². The zero-order chi connectivity index (χ0) is 18.1. The lowest BCUT2D eigenvalue weighted by Gasteiger charge is -2.32. The summed E-state index contributed by atoms with van der Waals surface area (Å²) in [5.74, 6) is 2.00. The molecule has 25 heavy (non-hydrogen) atoms. The van der Waals surface area contributed by atoms with Gasteiger partial charge in [-0.15, -0.1) is 0 Å². The minimum absolute atomic E-state index is 0.0903. The summed E-state index contributed by atoms with van der Waals surface area (Å²) in [4.78, 5) is 19.4. The second-order valence-electron chi connectivity index (χ2n) is 7.59. The molecule has 1 amide bonds. The number of amides is 1. The number of nitrogens with zero attached hydrogens (tertiary/aromatic N) is 5. The van der Waals surface area contributed by atoms with Gasteiger partial charge in [0.1, 0.15) is 11.5 Å².